The number of ether oxygens (including phenoxy) is 1. The molecule has 2 heterocycles. The van der Waals surface area contributed by atoms with Crippen molar-refractivity contribution in [1.29, 1.82) is 0 Å². The highest BCUT2D eigenvalue weighted by molar-refractivity contribution is 6.31. The smallest absolute Gasteiger partial charge is 0.304 e. The van der Waals surface area contributed by atoms with Crippen LogP contribution in [0.15, 0.2) is 54.6 Å². The van der Waals surface area contributed by atoms with E-state index in [0.717, 1.165) is 57.7 Å². The molecule has 0 radical (unpaired) electrons. The molecule has 1 aliphatic rings. The van der Waals surface area contributed by atoms with Crippen LogP contribution in [0.1, 0.15) is 40.2 Å². The first-order chi connectivity index (χ1) is 16.9. The van der Waals surface area contributed by atoms with Crippen molar-refractivity contribution in [2.75, 3.05) is 13.2 Å². The van der Waals surface area contributed by atoms with Crippen LogP contribution < -0.4 is 4.74 Å². The van der Waals surface area contributed by atoms with E-state index in [9.17, 15) is 9.90 Å². The molecule has 0 amide bonds. The fraction of sp³-hybridized carbons (Fsp3) is 0.296. The second-order valence-corrected chi connectivity index (χ2v) is 9.44. The molecule has 7 nitrogen and oxygen atoms in total. The van der Waals surface area contributed by atoms with Crippen LogP contribution in [0.5, 0.6) is 5.75 Å². The lowest BCUT2D eigenvalue weighted by Gasteiger charge is -2.23. The number of carbonyl (C=O) groups is 1. The summed E-state index contributed by atoms with van der Waals surface area (Å²) in [5.74, 6) is -0.263. The first-order valence-corrected chi connectivity index (χ1v) is 12.0. The Morgan fingerprint density at radius 2 is 2.03 bits per heavy atom. The van der Waals surface area contributed by atoms with Crippen LogP contribution in [0.3, 0.4) is 0 Å². The van der Waals surface area contributed by atoms with E-state index in [1.165, 1.54) is 0 Å². The average Bonchev–Trinajstić information content (AvgIpc) is 3.09. The number of carboxylic acids is 1. The van der Waals surface area contributed by atoms with Gasteiger partial charge in [0.05, 0.1) is 11.9 Å². The molecule has 180 valence electrons. The molecule has 1 aliphatic heterocycles. The third-order valence-corrected chi connectivity index (χ3v) is 7.10. The Kier molecular flexibility index (Phi) is 6.45. The van der Waals surface area contributed by atoms with Gasteiger partial charge in [-0.3, -0.25) is 9.69 Å². The fourth-order valence-corrected chi connectivity index (χ4v) is 5.07. The lowest BCUT2D eigenvalue weighted by molar-refractivity contribution is -0.137. The van der Waals surface area contributed by atoms with Gasteiger partial charge in [-0.15, -0.1) is 5.10 Å². The first-order valence-electron chi connectivity index (χ1n) is 11.6. The number of aryl methyl sites for hydroxylation is 2. The molecule has 5 rings (SSSR count). The number of aromatic nitrogens is 3. The number of fused-ring (bicyclic) bond motifs is 2. The summed E-state index contributed by atoms with van der Waals surface area (Å²) in [7, 11) is 1.85. The Morgan fingerprint density at radius 1 is 1.20 bits per heavy atom. The Labute approximate surface area is 208 Å². The van der Waals surface area contributed by atoms with Gasteiger partial charge in [-0.2, -0.15) is 0 Å². The van der Waals surface area contributed by atoms with Gasteiger partial charge in [0.15, 0.2) is 0 Å². The standard InChI is InChI=1S/C27H27ClN4O3/c1-17-21(8-10-24-27(17)29-30-31(24)2)22(14-26(33)34)18-7-9-23(28)20(13-18)16-32-11-12-35-25-6-4-3-5-19(25)15-32/h3-10,13,22H,11-12,14-16H2,1-2H3,(H,33,34). The second kappa shape index (κ2) is 9.68. The van der Waals surface area contributed by atoms with Crippen LogP contribution in [0.25, 0.3) is 11.0 Å². The number of rotatable bonds is 6. The van der Waals surface area contributed by atoms with E-state index in [2.05, 4.69) is 21.3 Å². The van der Waals surface area contributed by atoms with Gasteiger partial charge in [0, 0.05) is 43.2 Å². The predicted molar refractivity (Wildman–Crippen MR) is 135 cm³/mol. The summed E-state index contributed by atoms with van der Waals surface area (Å²) in [6.45, 7) is 4.76. The summed E-state index contributed by atoms with van der Waals surface area (Å²) in [5, 5.41) is 18.8. The SMILES string of the molecule is Cc1c(C(CC(=O)O)c2ccc(Cl)c(CN3CCOc4ccccc4C3)c2)ccc2c1nnn2C. The van der Waals surface area contributed by atoms with E-state index in [0.29, 0.717) is 18.2 Å². The van der Waals surface area contributed by atoms with Crippen molar-refractivity contribution >= 4 is 28.6 Å². The molecule has 1 aromatic heterocycles. The number of nitrogens with zero attached hydrogens (tertiary/aromatic N) is 4. The molecule has 1 unspecified atom stereocenters. The Balaban J connectivity index is 1.49. The van der Waals surface area contributed by atoms with E-state index in [-0.39, 0.29) is 12.3 Å². The molecule has 0 saturated heterocycles. The van der Waals surface area contributed by atoms with Crippen LogP contribution in [0.4, 0.5) is 0 Å². The third-order valence-electron chi connectivity index (χ3n) is 6.73. The summed E-state index contributed by atoms with van der Waals surface area (Å²) in [4.78, 5) is 14.2. The van der Waals surface area contributed by atoms with Gasteiger partial charge in [-0.05, 0) is 47.4 Å². The van der Waals surface area contributed by atoms with Crippen LogP contribution in [-0.2, 0) is 24.9 Å². The highest BCUT2D eigenvalue weighted by Crippen LogP contribution is 2.35. The van der Waals surface area contributed by atoms with Gasteiger partial charge in [0.1, 0.15) is 17.9 Å². The van der Waals surface area contributed by atoms with Crippen LogP contribution in [-0.4, -0.2) is 44.1 Å². The fourth-order valence-electron chi connectivity index (χ4n) is 4.90. The van der Waals surface area contributed by atoms with Gasteiger partial charge in [-0.25, -0.2) is 4.68 Å². The molecule has 0 fully saturated rings. The molecule has 1 atom stereocenters. The summed E-state index contributed by atoms with van der Waals surface area (Å²) in [5.41, 5.74) is 6.62. The average molecular weight is 491 g/mol. The summed E-state index contributed by atoms with van der Waals surface area (Å²) in [6, 6.07) is 17.9. The van der Waals surface area contributed by atoms with Crippen molar-refractivity contribution in [3.63, 3.8) is 0 Å². The molecular formula is C27H27ClN4O3. The molecular weight excluding hydrogens is 464 g/mol. The first kappa shape index (κ1) is 23.3. The number of hydrogen-bond donors (Lipinski definition) is 1. The maximum absolute atomic E-state index is 11.9. The van der Waals surface area contributed by atoms with E-state index < -0.39 is 5.97 Å². The van der Waals surface area contributed by atoms with E-state index >= 15 is 0 Å². The van der Waals surface area contributed by atoms with Crippen LogP contribution >= 0.6 is 11.6 Å². The van der Waals surface area contributed by atoms with E-state index in [1.807, 2.05) is 62.5 Å². The Bertz CT molecular complexity index is 1400. The minimum Gasteiger partial charge on any atom is -0.492 e. The normalized spacial score (nSPS) is 14.8. The molecule has 8 heteroatoms. The summed E-state index contributed by atoms with van der Waals surface area (Å²) < 4.78 is 7.63. The second-order valence-electron chi connectivity index (χ2n) is 9.03. The molecule has 0 spiro atoms. The number of carboxylic acid groups (broad SMARTS) is 1. The van der Waals surface area contributed by atoms with Crippen molar-refractivity contribution in [3.05, 3.63) is 87.4 Å². The number of benzene rings is 3. The molecule has 0 aliphatic carbocycles. The Morgan fingerprint density at radius 3 is 2.86 bits per heavy atom. The lowest BCUT2D eigenvalue weighted by Crippen LogP contribution is -2.25. The highest BCUT2D eigenvalue weighted by atomic mass is 35.5. The molecule has 3 aromatic carbocycles. The van der Waals surface area contributed by atoms with E-state index in [4.69, 9.17) is 16.3 Å². The molecule has 0 saturated carbocycles. The number of hydrogen-bond acceptors (Lipinski definition) is 5. The van der Waals surface area contributed by atoms with Gasteiger partial charge < -0.3 is 9.84 Å². The van der Waals surface area contributed by atoms with Gasteiger partial charge in [0.2, 0.25) is 0 Å². The Hall–Kier alpha value is -3.42. The minimum atomic E-state index is -0.855. The van der Waals surface area contributed by atoms with Gasteiger partial charge >= 0.3 is 5.97 Å². The molecule has 4 aromatic rings. The molecule has 0 bridgehead atoms. The van der Waals surface area contributed by atoms with Crippen molar-refractivity contribution in [3.8, 4) is 5.75 Å². The number of para-hydroxylation sites is 1. The zero-order valence-electron chi connectivity index (χ0n) is 19.7. The van der Waals surface area contributed by atoms with Gasteiger partial charge in [-0.1, -0.05) is 53.2 Å². The van der Waals surface area contributed by atoms with Crippen LogP contribution in [0, 0.1) is 6.92 Å². The molecule has 1 N–H and O–H groups in total. The zero-order chi connectivity index (χ0) is 24.5. The highest BCUT2D eigenvalue weighted by Gasteiger charge is 2.24. The topological polar surface area (TPSA) is 80.5 Å². The summed E-state index contributed by atoms with van der Waals surface area (Å²) in [6.07, 6.45) is -0.0292. The predicted octanol–water partition coefficient (Wildman–Crippen LogP) is 4.93. The van der Waals surface area contributed by atoms with E-state index in [1.54, 1.807) is 4.68 Å². The lowest BCUT2D eigenvalue weighted by atomic mass is 9.85. The van der Waals surface area contributed by atoms with Crippen molar-refractivity contribution in [1.82, 2.24) is 19.9 Å². The number of aliphatic carboxylic acids is 1. The van der Waals surface area contributed by atoms with Gasteiger partial charge in [0.25, 0.3) is 0 Å². The van der Waals surface area contributed by atoms with Crippen molar-refractivity contribution in [2.24, 2.45) is 7.05 Å². The largest absolute Gasteiger partial charge is 0.492 e. The van der Waals surface area contributed by atoms with Crippen LogP contribution in [0.2, 0.25) is 5.02 Å². The zero-order valence-corrected chi connectivity index (χ0v) is 20.5. The maximum Gasteiger partial charge on any atom is 0.304 e. The van der Waals surface area contributed by atoms with Crippen molar-refractivity contribution < 1.29 is 14.6 Å². The maximum atomic E-state index is 11.9. The third kappa shape index (κ3) is 4.74. The monoisotopic (exact) mass is 490 g/mol. The minimum absolute atomic E-state index is 0.0292. The van der Waals surface area contributed by atoms with Crippen molar-refractivity contribution in [2.45, 2.75) is 32.4 Å². The number of halogens is 1. The molecule has 35 heavy (non-hydrogen) atoms. The summed E-state index contributed by atoms with van der Waals surface area (Å²) >= 11 is 6.63. The quantitative estimate of drug-likeness (QED) is 0.412.